The SMILES string of the molecule is CNc1cc(Nc2ccccc2N(C)C)nc(SC)n1. The van der Waals surface area contributed by atoms with Crippen molar-refractivity contribution in [2.75, 3.05) is 42.9 Å². The fourth-order valence-corrected chi connectivity index (χ4v) is 2.20. The molecule has 0 aliphatic carbocycles. The van der Waals surface area contributed by atoms with Gasteiger partial charge in [0, 0.05) is 27.2 Å². The van der Waals surface area contributed by atoms with Gasteiger partial charge in [-0.05, 0) is 18.4 Å². The molecule has 0 saturated heterocycles. The van der Waals surface area contributed by atoms with E-state index < -0.39 is 0 Å². The first-order valence-corrected chi connectivity index (χ1v) is 7.50. The highest BCUT2D eigenvalue weighted by Crippen LogP contribution is 2.27. The Morgan fingerprint density at radius 3 is 2.45 bits per heavy atom. The first-order valence-electron chi connectivity index (χ1n) is 6.28. The van der Waals surface area contributed by atoms with Crippen LogP contribution in [0.4, 0.5) is 23.0 Å². The van der Waals surface area contributed by atoms with E-state index in [1.165, 1.54) is 11.8 Å². The molecule has 2 aromatic rings. The molecule has 0 atom stereocenters. The minimum Gasteiger partial charge on any atom is -0.376 e. The predicted octanol–water partition coefficient (Wildman–Crippen LogP) is 3.05. The molecular weight excluding hydrogens is 270 g/mol. The number of aromatic nitrogens is 2. The minimum absolute atomic E-state index is 0.738. The van der Waals surface area contributed by atoms with E-state index in [1.54, 1.807) is 0 Å². The number of thioether (sulfide) groups is 1. The van der Waals surface area contributed by atoms with Crippen molar-refractivity contribution in [1.29, 1.82) is 0 Å². The van der Waals surface area contributed by atoms with Crippen LogP contribution in [0.3, 0.4) is 0 Å². The third-order valence-corrected chi connectivity index (χ3v) is 3.34. The van der Waals surface area contributed by atoms with E-state index in [0.29, 0.717) is 0 Å². The Labute approximate surface area is 123 Å². The summed E-state index contributed by atoms with van der Waals surface area (Å²) in [5.74, 6) is 1.58. The number of anilines is 4. The Kier molecular flexibility index (Phi) is 4.68. The van der Waals surface area contributed by atoms with Crippen LogP contribution in [-0.4, -0.2) is 37.4 Å². The zero-order valence-electron chi connectivity index (χ0n) is 12.1. The van der Waals surface area contributed by atoms with E-state index >= 15 is 0 Å². The highest BCUT2D eigenvalue weighted by Gasteiger charge is 2.07. The number of nitrogens with zero attached hydrogens (tertiary/aromatic N) is 3. The van der Waals surface area contributed by atoms with Crippen molar-refractivity contribution in [3.05, 3.63) is 30.3 Å². The summed E-state index contributed by atoms with van der Waals surface area (Å²) in [6, 6.07) is 10.0. The van der Waals surface area contributed by atoms with Crippen molar-refractivity contribution >= 4 is 34.8 Å². The van der Waals surface area contributed by atoms with Crippen LogP contribution in [0, 0.1) is 0 Å². The van der Waals surface area contributed by atoms with E-state index in [2.05, 4.69) is 31.6 Å². The molecule has 1 aromatic heterocycles. The van der Waals surface area contributed by atoms with E-state index in [0.717, 1.165) is 28.2 Å². The first-order chi connectivity index (χ1) is 9.63. The maximum absolute atomic E-state index is 4.48. The average molecular weight is 289 g/mol. The Bertz CT molecular complexity index is 563. The molecular formula is C14H19N5S. The maximum atomic E-state index is 4.48. The molecule has 2 rings (SSSR count). The summed E-state index contributed by atoms with van der Waals surface area (Å²) in [4.78, 5) is 10.9. The number of benzene rings is 1. The maximum Gasteiger partial charge on any atom is 0.191 e. The molecule has 6 heteroatoms. The standard InChI is InChI=1S/C14H19N5S/c1-15-12-9-13(18-14(17-12)20-4)16-10-7-5-6-8-11(10)19(2)3/h5-9H,1-4H3,(H2,15,16,17,18). The van der Waals surface area contributed by atoms with Gasteiger partial charge in [-0.15, -0.1) is 0 Å². The highest BCUT2D eigenvalue weighted by atomic mass is 32.2. The highest BCUT2D eigenvalue weighted by molar-refractivity contribution is 7.98. The molecule has 1 heterocycles. The Hall–Kier alpha value is -1.95. The third kappa shape index (κ3) is 3.33. The molecule has 0 unspecified atom stereocenters. The molecule has 0 fully saturated rings. The van der Waals surface area contributed by atoms with Gasteiger partial charge < -0.3 is 15.5 Å². The van der Waals surface area contributed by atoms with Crippen LogP contribution >= 0.6 is 11.8 Å². The van der Waals surface area contributed by atoms with Gasteiger partial charge in [-0.1, -0.05) is 23.9 Å². The number of rotatable bonds is 5. The largest absolute Gasteiger partial charge is 0.376 e. The van der Waals surface area contributed by atoms with Crippen molar-refractivity contribution in [2.45, 2.75) is 5.16 Å². The molecule has 0 aliphatic rings. The van der Waals surface area contributed by atoms with E-state index in [1.807, 2.05) is 51.7 Å². The molecule has 106 valence electrons. The van der Waals surface area contributed by atoms with Crippen LogP contribution in [0.25, 0.3) is 0 Å². The molecule has 0 bridgehead atoms. The van der Waals surface area contributed by atoms with E-state index in [9.17, 15) is 0 Å². The van der Waals surface area contributed by atoms with Gasteiger partial charge in [0.2, 0.25) is 0 Å². The molecule has 2 N–H and O–H groups in total. The second kappa shape index (κ2) is 6.47. The molecule has 20 heavy (non-hydrogen) atoms. The van der Waals surface area contributed by atoms with Crippen LogP contribution in [-0.2, 0) is 0 Å². The summed E-state index contributed by atoms with van der Waals surface area (Å²) in [5.41, 5.74) is 2.13. The summed E-state index contributed by atoms with van der Waals surface area (Å²) in [5, 5.41) is 7.15. The van der Waals surface area contributed by atoms with Gasteiger partial charge in [0.25, 0.3) is 0 Å². The van der Waals surface area contributed by atoms with Gasteiger partial charge in [0.05, 0.1) is 11.4 Å². The van der Waals surface area contributed by atoms with Crippen molar-refractivity contribution < 1.29 is 0 Å². The summed E-state index contributed by atoms with van der Waals surface area (Å²) in [7, 11) is 5.89. The summed E-state index contributed by atoms with van der Waals surface area (Å²) in [6.07, 6.45) is 1.96. The summed E-state index contributed by atoms with van der Waals surface area (Å²) in [6.45, 7) is 0. The normalized spacial score (nSPS) is 10.2. The number of hydrogen-bond donors (Lipinski definition) is 2. The van der Waals surface area contributed by atoms with Crippen molar-refractivity contribution in [3.8, 4) is 0 Å². The van der Waals surface area contributed by atoms with Crippen molar-refractivity contribution in [3.63, 3.8) is 0 Å². The second-order valence-electron chi connectivity index (χ2n) is 4.41. The number of para-hydroxylation sites is 2. The fraction of sp³-hybridized carbons (Fsp3) is 0.286. The summed E-state index contributed by atoms with van der Waals surface area (Å²) < 4.78 is 0. The van der Waals surface area contributed by atoms with Crippen molar-refractivity contribution in [1.82, 2.24) is 9.97 Å². The lowest BCUT2D eigenvalue weighted by Gasteiger charge is -2.18. The predicted molar refractivity (Wildman–Crippen MR) is 87.4 cm³/mol. The molecule has 0 aliphatic heterocycles. The average Bonchev–Trinajstić information content (AvgIpc) is 2.47. The van der Waals surface area contributed by atoms with Crippen LogP contribution < -0.4 is 15.5 Å². The van der Waals surface area contributed by atoms with Gasteiger partial charge >= 0.3 is 0 Å². The zero-order chi connectivity index (χ0) is 14.5. The number of nitrogens with one attached hydrogen (secondary N) is 2. The van der Waals surface area contributed by atoms with E-state index in [4.69, 9.17) is 0 Å². The van der Waals surface area contributed by atoms with Gasteiger partial charge in [0.1, 0.15) is 11.6 Å². The second-order valence-corrected chi connectivity index (χ2v) is 5.19. The van der Waals surface area contributed by atoms with Crippen LogP contribution in [0.2, 0.25) is 0 Å². The molecule has 1 aromatic carbocycles. The smallest absolute Gasteiger partial charge is 0.191 e. The molecule has 0 amide bonds. The topological polar surface area (TPSA) is 53.1 Å². The quantitative estimate of drug-likeness (QED) is 0.652. The Morgan fingerprint density at radius 2 is 1.80 bits per heavy atom. The van der Waals surface area contributed by atoms with E-state index in [-0.39, 0.29) is 0 Å². The molecule has 0 saturated carbocycles. The van der Waals surface area contributed by atoms with Crippen LogP contribution in [0.1, 0.15) is 0 Å². The Morgan fingerprint density at radius 1 is 1.10 bits per heavy atom. The number of hydrogen-bond acceptors (Lipinski definition) is 6. The molecule has 0 radical (unpaired) electrons. The molecule has 5 nitrogen and oxygen atoms in total. The zero-order valence-corrected chi connectivity index (χ0v) is 13.0. The van der Waals surface area contributed by atoms with Gasteiger partial charge in [-0.25, -0.2) is 9.97 Å². The van der Waals surface area contributed by atoms with Crippen LogP contribution in [0.5, 0.6) is 0 Å². The first kappa shape index (κ1) is 14.5. The van der Waals surface area contributed by atoms with Gasteiger partial charge in [-0.2, -0.15) is 0 Å². The summed E-state index contributed by atoms with van der Waals surface area (Å²) >= 11 is 1.52. The lowest BCUT2D eigenvalue weighted by molar-refractivity contribution is 0.977. The van der Waals surface area contributed by atoms with Gasteiger partial charge in [0.15, 0.2) is 5.16 Å². The monoisotopic (exact) mass is 289 g/mol. The fourth-order valence-electron chi connectivity index (χ4n) is 1.82. The minimum atomic E-state index is 0.738. The van der Waals surface area contributed by atoms with Crippen LogP contribution in [0.15, 0.2) is 35.5 Å². The lowest BCUT2D eigenvalue weighted by Crippen LogP contribution is -2.11. The lowest BCUT2D eigenvalue weighted by atomic mass is 10.2. The third-order valence-electron chi connectivity index (χ3n) is 2.79. The van der Waals surface area contributed by atoms with Crippen molar-refractivity contribution in [2.24, 2.45) is 0 Å². The van der Waals surface area contributed by atoms with Gasteiger partial charge in [-0.3, -0.25) is 0 Å². The molecule has 0 spiro atoms. The Balaban J connectivity index is 2.34.